The van der Waals surface area contributed by atoms with Crippen LogP contribution in [0.25, 0.3) is 0 Å². The maximum Gasteiger partial charge on any atom is 0.139 e. The quantitative estimate of drug-likeness (QED) is 0.354. The van der Waals surface area contributed by atoms with Gasteiger partial charge in [0, 0.05) is 23.8 Å². The van der Waals surface area contributed by atoms with Gasteiger partial charge >= 0.3 is 0 Å². The van der Waals surface area contributed by atoms with Gasteiger partial charge in [0.1, 0.15) is 11.6 Å². The highest BCUT2D eigenvalue weighted by Crippen LogP contribution is 2.37. The second-order valence-electron chi connectivity index (χ2n) is 8.81. The summed E-state index contributed by atoms with van der Waals surface area (Å²) in [6, 6.07) is 34.2. The Morgan fingerprint density at radius 1 is 0.735 bits per heavy atom. The lowest BCUT2D eigenvalue weighted by Crippen LogP contribution is -2.40. The standard InChI is InChI=1S/C29H28N4O/c1-29(2,32-21-20-31(22-32)25-16-9-10-17-26(25)34)27-18-11-19-28(30-27)33(23-12-5-3-6-13-23)24-14-7-4-8-15-24/h3-21,34H,22H2,1-2H3. The molecule has 5 rings (SSSR count). The van der Waals surface area contributed by atoms with Crippen LogP contribution >= 0.6 is 0 Å². The minimum absolute atomic E-state index is 0.272. The Balaban J connectivity index is 1.47. The number of hydrogen-bond donors (Lipinski definition) is 1. The Morgan fingerprint density at radius 3 is 2.00 bits per heavy atom. The van der Waals surface area contributed by atoms with Crippen LogP contribution in [-0.2, 0) is 5.54 Å². The van der Waals surface area contributed by atoms with Gasteiger partial charge in [-0.2, -0.15) is 0 Å². The number of pyridine rings is 1. The molecule has 4 aromatic rings. The second kappa shape index (κ2) is 8.94. The van der Waals surface area contributed by atoms with Crippen molar-refractivity contribution in [2.24, 2.45) is 0 Å². The minimum atomic E-state index is -0.370. The number of phenols is 1. The van der Waals surface area contributed by atoms with Crippen LogP contribution in [0.2, 0.25) is 0 Å². The van der Waals surface area contributed by atoms with E-state index in [-0.39, 0.29) is 11.3 Å². The van der Waals surface area contributed by atoms with Crippen molar-refractivity contribution in [2.75, 3.05) is 16.5 Å². The molecule has 0 fully saturated rings. The smallest absolute Gasteiger partial charge is 0.139 e. The molecule has 3 aromatic carbocycles. The van der Waals surface area contributed by atoms with Crippen molar-refractivity contribution in [2.45, 2.75) is 19.4 Å². The summed E-state index contributed by atoms with van der Waals surface area (Å²) in [6.07, 6.45) is 4.06. The first-order valence-electron chi connectivity index (χ1n) is 11.4. The SMILES string of the molecule is CC(C)(c1cccc(N(c2ccccc2)c2ccccc2)n1)N1C=CN(c2ccccc2O)C1. The first-order chi connectivity index (χ1) is 16.5. The van der Waals surface area contributed by atoms with E-state index in [2.05, 4.69) is 66.2 Å². The van der Waals surface area contributed by atoms with Crippen LogP contribution in [-0.4, -0.2) is 21.7 Å². The number of nitrogens with zero attached hydrogens (tertiary/aromatic N) is 4. The third-order valence-electron chi connectivity index (χ3n) is 6.26. The summed E-state index contributed by atoms with van der Waals surface area (Å²) in [5.41, 5.74) is 3.50. The lowest BCUT2D eigenvalue weighted by Gasteiger charge is -2.37. The molecule has 34 heavy (non-hydrogen) atoms. The Labute approximate surface area is 200 Å². The molecule has 1 aliphatic rings. The third kappa shape index (κ3) is 4.08. The van der Waals surface area contributed by atoms with Gasteiger partial charge in [0.05, 0.1) is 23.6 Å². The molecule has 0 bridgehead atoms. The average Bonchev–Trinajstić information content (AvgIpc) is 3.37. The fourth-order valence-corrected chi connectivity index (χ4v) is 4.25. The molecular weight excluding hydrogens is 420 g/mol. The molecule has 5 nitrogen and oxygen atoms in total. The molecule has 0 unspecified atom stereocenters. The third-order valence-corrected chi connectivity index (χ3v) is 6.26. The van der Waals surface area contributed by atoms with Gasteiger partial charge in [0.25, 0.3) is 0 Å². The number of benzene rings is 3. The van der Waals surface area contributed by atoms with Crippen LogP contribution in [0.15, 0.2) is 116 Å². The monoisotopic (exact) mass is 448 g/mol. The zero-order chi connectivity index (χ0) is 23.5. The van der Waals surface area contributed by atoms with Gasteiger partial charge in [-0.05, 0) is 62.4 Å². The molecule has 5 heteroatoms. The van der Waals surface area contributed by atoms with Gasteiger partial charge in [-0.3, -0.25) is 4.90 Å². The Hall–Kier alpha value is -4.25. The zero-order valence-electron chi connectivity index (χ0n) is 19.4. The number of anilines is 4. The Bertz CT molecular complexity index is 1250. The number of aromatic hydroxyl groups is 1. The van der Waals surface area contributed by atoms with Crippen LogP contribution in [0.1, 0.15) is 19.5 Å². The predicted octanol–water partition coefficient (Wildman–Crippen LogP) is 6.74. The van der Waals surface area contributed by atoms with Crippen LogP contribution in [0.4, 0.5) is 22.9 Å². The van der Waals surface area contributed by atoms with Gasteiger partial charge in [-0.25, -0.2) is 4.98 Å². The van der Waals surface area contributed by atoms with E-state index in [1.165, 1.54) is 0 Å². The summed E-state index contributed by atoms with van der Waals surface area (Å²) in [4.78, 5) is 11.6. The zero-order valence-corrected chi connectivity index (χ0v) is 19.4. The second-order valence-corrected chi connectivity index (χ2v) is 8.81. The highest BCUT2D eigenvalue weighted by Gasteiger charge is 2.32. The van der Waals surface area contributed by atoms with Crippen molar-refractivity contribution in [1.82, 2.24) is 9.88 Å². The number of hydrogen-bond acceptors (Lipinski definition) is 5. The number of phenolic OH excluding ortho intramolecular Hbond substituents is 1. The molecule has 1 aliphatic heterocycles. The molecule has 0 saturated heterocycles. The predicted molar refractivity (Wildman–Crippen MR) is 138 cm³/mol. The molecule has 0 amide bonds. The summed E-state index contributed by atoms with van der Waals surface area (Å²) >= 11 is 0. The highest BCUT2D eigenvalue weighted by molar-refractivity contribution is 5.74. The van der Waals surface area contributed by atoms with Crippen LogP contribution in [0.3, 0.4) is 0 Å². The normalized spacial score (nSPS) is 13.4. The first kappa shape index (κ1) is 21.6. The topological polar surface area (TPSA) is 42.8 Å². The summed E-state index contributed by atoms with van der Waals surface area (Å²) < 4.78 is 0. The molecule has 1 aromatic heterocycles. The Kier molecular flexibility index (Phi) is 5.68. The molecule has 0 saturated carbocycles. The van der Waals surface area contributed by atoms with Crippen molar-refractivity contribution in [1.29, 1.82) is 0 Å². The van der Waals surface area contributed by atoms with Crippen molar-refractivity contribution in [3.8, 4) is 5.75 Å². The molecule has 0 radical (unpaired) electrons. The first-order valence-corrected chi connectivity index (χ1v) is 11.4. The van der Waals surface area contributed by atoms with Gasteiger partial charge in [0.2, 0.25) is 0 Å². The van der Waals surface area contributed by atoms with Crippen molar-refractivity contribution < 1.29 is 5.11 Å². The van der Waals surface area contributed by atoms with Crippen LogP contribution < -0.4 is 9.80 Å². The van der Waals surface area contributed by atoms with E-state index < -0.39 is 0 Å². The molecule has 170 valence electrons. The van der Waals surface area contributed by atoms with Gasteiger partial charge in [0.15, 0.2) is 0 Å². The minimum Gasteiger partial charge on any atom is -0.506 e. The summed E-state index contributed by atoms with van der Waals surface area (Å²) in [5, 5.41) is 10.3. The maximum atomic E-state index is 10.3. The van der Waals surface area contributed by atoms with Crippen molar-refractivity contribution >= 4 is 22.9 Å². The van der Waals surface area contributed by atoms with Gasteiger partial charge in [-0.1, -0.05) is 54.6 Å². The van der Waals surface area contributed by atoms with E-state index >= 15 is 0 Å². The van der Waals surface area contributed by atoms with E-state index in [0.29, 0.717) is 6.67 Å². The van der Waals surface area contributed by atoms with Gasteiger partial charge in [-0.15, -0.1) is 0 Å². The van der Waals surface area contributed by atoms with E-state index in [1.807, 2.05) is 71.8 Å². The Morgan fingerprint density at radius 2 is 1.35 bits per heavy atom. The maximum absolute atomic E-state index is 10.3. The molecule has 1 N–H and O–H groups in total. The lowest BCUT2D eigenvalue weighted by molar-refractivity contribution is 0.196. The fraction of sp³-hybridized carbons (Fsp3) is 0.138. The molecule has 0 aliphatic carbocycles. The van der Waals surface area contributed by atoms with Crippen LogP contribution in [0, 0.1) is 0 Å². The molecule has 0 spiro atoms. The summed E-state index contributed by atoms with van der Waals surface area (Å²) in [6.45, 7) is 4.97. The number of aromatic nitrogens is 1. The van der Waals surface area contributed by atoms with Crippen molar-refractivity contribution in [3.63, 3.8) is 0 Å². The number of para-hydroxylation sites is 4. The summed E-state index contributed by atoms with van der Waals surface area (Å²) in [7, 11) is 0. The molecule has 0 atom stereocenters. The van der Waals surface area contributed by atoms with E-state index in [0.717, 1.165) is 28.6 Å². The highest BCUT2D eigenvalue weighted by atomic mass is 16.3. The average molecular weight is 449 g/mol. The lowest BCUT2D eigenvalue weighted by atomic mass is 9.98. The van der Waals surface area contributed by atoms with Crippen molar-refractivity contribution in [3.05, 3.63) is 121 Å². The molecule has 2 heterocycles. The molecular formula is C29H28N4O. The summed E-state index contributed by atoms with van der Waals surface area (Å²) in [5.74, 6) is 1.14. The van der Waals surface area contributed by atoms with E-state index in [4.69, 9.17) is 4.98 Å². The van der Waals surface area contributed by atoms with E-state index in [9.17, 15) is 5.11 Å². The largest absolute Gasteiger partial charge is 0.506 e. The van der Waals surface area contributed by atoms with E-state index in [1.54, 1.807) is 6.07 Å². The fourth-order valence-electron chi connectivity index (χ4n) is 4.25. The van der Waals surface area contributed by atoms with Crippen LogP contribution in [0.5, 0.6) is 5.75 Å². The van der Waals surface area contributed by atoms with Gasteiger partial charge < -0.3 is 14.9 Å². The number of rotatable bonds is 6.